The van der Waals surface area contributed by atoms with Crippen LogP contribution in [0, 0.1) is 0 Å². The van der Waals surface area contributed by atoms with Crippen LogP contribution in [0.4, 0.5) is 0 Å². The maximum Gasteiger partial charge on any atom is 0.253 e. The highest BCUT2D eigenvalue weighted by Gasteiger charge is 2.31. The molecule has 1 N–H and O–H groups in total. The minimum atomic E-state index is -3.56. The van der Waals surface area contributed by atoms with Gasteiger partial charge in [-0.3, -0.25) is 4.79 Å². The van der Waals surface area contributed by atoms with Gasteiger partial charge in [0.1, 0.15) is 0 Å². The molecular weight excluding hydrogens is 362 g/mol. The fourth-order valence-electron chi connectivity index (χ4n) is 2.96. The lowest BCUT2D eigenvalue weighted by molar-refractivity contribution is 0.0796. The second kappa shape index (κ2) is 9.52. The van der Waals surface area contributed by atoms with Crippen molar-refractivity contribution in [3.63, 3.8) is 0 Å². The summed E-state index contributed by atoms with van der Waals surface area (Å²) in [5.41, 5.74) is 0.402. The number of hydrogen-bond acceptors (Lipinski definition) is 4. The number of piperidine rings is 1. The van der Waals surface area contributed by atoms with Crippen LogP contribution in [0.5, 0.6) is 0 Å². The van der Waals surface area contributed by atoms with Crippen LogP contribution in [0.3, 0.4) is 0 Å². The lowest BCUT2D eigenvalue weighted by Gasteiger charge is -2.32. The fraction of sp³-hybridized carbons (Fsp3) is 0.588. The highest BCUT2D eigenvalue weighted by atomic mass is 35.5. The van der Waals surface area contributed by atoms with Gasteiger partial charge >= 0.3 is 0 Å². The van der Waals surface area contributed by atoms with Gasteiger partial charge in [0.25, 0.3) is 5.91 Å². The zero-order chi connectivity index (χ0) is 17.7. The Kier molecular flexibility index (Phi) is 8.34. The number of sulfonamides is 1. The molecule has 1 aliphatic rings. The predicted molar refractivity (Wildman–Crippen MR) is 102 cm³/mol. The predicted octanol–water partition coefficient (Wildman–Crippen LogP) is 1.96. The highest BCUT2D eigenvalue weighted by Crippen LogP contribution is 2.25. The van der Waals surface area contributed by atoms with Gasteiger partial charge in [-0.15, -0.1) is 12.4 Å². The van der Waals surface area contributed by atoms with E-state index < -0.39 is 10.0 Å². The van der Waals surface area contributed by atoms with Crippen LogP contribution < -0.4 is 5.32 Å². The fourth-order valence-corrected chi connectivity index (χ4v) is 4.70. The molecule has 1 atom stereocenters. The van der Waals surface area contributed by atoms with E-state index in [4.69, 9.17) is 0 Å². The van der Waals surface area contributed by atoms with Crippen LogP contribution in [-0.2, 0) is 10.0 Å². The highest BCUT2D eigenvalue weighted by molar-refractivity contribution is 7.89. The topological polar surface area (TPSA) is 69.7 Å². The summed E-state index contributed by atoms with van der Waals surface area (Å²) >= 11 is 0. The quantitative estimate of drug-likeness (QED) is 0.807. The largest absolute Gasteiger partial charge is 0.340 e. The Morgan fingerprint density at radius 2 is 2.08 bits per heavy atom. The molecule has 0 spiro atoms. The van der Waals surface area contributed by atoms with Gasteiger partial charge < -0.3 is 10.2 Å². The summed E-state index contributed by atoms with van der Waals surface area (Å²) in [5.74, 6) is -0.172. The first kappa shape index (κ1) is 21.9. The average molecular weight is 390 g/mol. The van der Waals surface area contributed by atoms with Crippen LogP contribution >= 0.6 is 12.4 Å². The second-order valence-corrected chi connectivity index (χ2v) is 8.21. The van der Waals surface area contributed by atoms with Crippen molar-refractivity contribution in [3.05, 3.63) is 29.8 Å². The van der Waals surface area contributed by atoms with Crippen LogP contribution in [-0.4, -0.2) is 63.3 Å². The molecule has 6 nitrogen and oxygen atoms in total. The van der Waals surface area contributed by atoms with Crippen molar-refractivity contribution in [2.24, 2.45) is 0 Å². The van der Waals surface area contributed by atoms with Gasteiger partial charge in [-0.2, -0.15) is 4.31 Å². The van der Waals surface area contributed by atoms with Gasteiger partial charge in [-0.1, -0.05) is 12.5 Å². The number of likely N-dealkylation sites (N-methyl/N-ethyl adjacent to an activating group) is 2. The molecule has 1 heterocycles. The number of rotatable bonds is 6. The summed E-state index contributed by atoms with van der Waals surface area (Å²) in [6.07, 6.45) is 2.82. The number of halogens is 1. The van der Waals surface area contributed by atoms with E-state index in [9.17, 15) is 13.2 Å². The molecule has 0 saturated carbocycles. The smallest absolute Gasteiger partial charge is 0.253 e. The number of nitrogens with one attached hydrogen (secondary N) is 1. The molecule has 1 unspecified atom stereocenters. The van der Waals surface area contributed by atoms with Gasteiger partial charge in [0.15, 0.2) is 0 Å². The molecule has 142 valence electrons. The van der Waals surface area contributed by atoms with Crippen molar-refractivity contribution in [2.45, 2.75) is 37.1 Å². The summed E-state index contributed by atoms with van der Waals surface area (Å²) in [5, 5.41) is 2.99. The third kappa shape index (κ3) is 5.17. The molecule has 1 aromatic rings. The molecule has 2 rings (SSSR count). The van der Waals surface area contributed by atoms with Crippen molar-refractivity contribution in [1.82, 2.24) is 14.5 Å². The molecule has 0 aromatic heterocycles. The van der Waals surface area contributed by atoms with Crippen molar-refractivity contribution < 1.29 is 13.2 Å². The molecule has 8 heteroatoms. The summed E-state index contributed by atoms with van der Waals surface area (Å²) in [4.78, 5) is 14.2. The third-order valence-electron chi connectivity index (χ3n) is 4.47. The van der Waals surface area contributed by atoms with Crippen LogP contribution in [0.15, 0.2) is 29.2 Å². The lowest BCUT2D eigenvalue weighted by atomic mass is 10.1. The molecule has 0 radical (unpaired) electrons. The maximum absolute atomic E-state index is 12.9. The van der Waals surface area contributed by atoms with Crippen molar-refractivity contribution in [2.75, 3.05) is 33.7 Å². The SMILES string of the molecule is CNCCN(C)C(=O)c1cccc(S(=O)(=O)N2CCCCC2C)c1.Cl. The monoisotopic (exact) mass is 389 g/mol. The van der Waals surface area contributed by atoms with E-state index in [0.717, 1.165) is 19.3 Å². The van der Waals surface area contributed by atoms with Gasteiger partial charge in [0.05, 0.1) is 4.90 Å². The third-order valence-corrected chi connectivity index (χ3v) is 6.48. The Balaban J connectivity index is 0.00000312. The van der Waals surface area contributed by atoms with Crippen LogP contribution in [0.25, 0.3) is 0 Å². The number of hydrogen-bond donors (Lipinski definition) is 1. The standard InChI is InChI=1S/C17H27N3O3S.ClH/c1-14-7-4-5-11-20(14)24(22,23)16-9-6-8-15(13-16)17(21)19(3)12-10-18-2;/h6,8-9,13-14,18H,4-5,7,10-12H2,1-3H3;1H. The maximum atomic E-state index is 12.9. The van der Waals surface area contributed by atoms with Crippen LogP contribution in [0.1, 0.15) is 36.5 Å². The van der Waals surface area contributed by atoms with Crippen molar-refractivity contribution >= 4 is 28.3 Å². The molecular formula is C17H28ClN3O3S. The van der Waals surface area contributed by atoms with Crippen LogP contribution in [0.2, 0.25) is 0 Å². The Hall–Kier alpha value is -1.15. The van der Waals surface area contributed by atoms with E-state index in [2.05, 4.69) is 5.32 Å². The molecule has 1 amide bonds. The van der Waals surface area contributed by atoms with E-state index >= 15 is 0 Å². The minimum absolute atomic E-state index is 0. The van der Waals surface area contributed by atoms with E-state index in [1.807, 2.05) is 14.0 Å². The Labute approximate surface area is 157 Å². The van der Waals surface area contributed by atoms with Gasteiger partial charge in [-0.25, -0.2) is 8.42 Å². The summed E-state index contributed by atoms with van der Waals surface area (Å²) in [7, 11) is -0.0191. The Morgan fingerprint density at radius 3 is 2.72 bits per heavy atom. The normalized spacial score (nSPS) is 18.4. The molecule has 1 saturated heterocycles. The van der Waals surface area contributed by atoms with E-state index in [-0.39, 0.29) is 29.3 Å². The number of nitrogens with zero attached hydrogens (tertiary/aromatic N) is 2. The number of amides is 1. The first-order chi connectivity index (χ1) is 11.4. The molecule has 1 aliphatic heterocycles. The molecule has 0 aliphatic carbocycles. The first-order valence-corrected chi connectivity index (χ1v) is 9.84. The van der Waals surface area contributed by atoms with Gasteiger partial charge in [0, 0.05) is 38.3 Å². The lowest BCUT2D eigenvalue weighted by Crippen LogP contribution is -2.42. The minimum Gasteiger partial charge on any atom is -0.340 e. The van der Waals surface area contributed by atoms with Gasteiger partial charge in [-0.05, 0) is 45.0 Å². The average Bonchev–Trinajstić information content (AvgIpc) is 2.59. The number of carbonyl (C=O) groups excluding carboxylic acids is 1. The van der Waals surface area contributed by atoms with E-state index in [1.165, 1.54) is 6.07 Å². The van der Waals surface area contributed by atoms with Crippen molar-refractivity contribution in [3.8, 4) is 0 Å². The number of benzene rings is 1. The molecule has 1 aromatic carbocycles. The summed E-state index contributed by atoms with van der Waals surface area (Å²) in [6.45, 7) is 3.74. The summed E-state index contributed by atoms with van der Waals surface area (Å²) < 4.78 is 27.4. The molecule has 1 fully saturated rings. The second-order valence-electron chi connectivity index (χ2n) is 6.32. The number of carbonyl (C=O) groups is 1. The summed E-state index contributed by atoms with van der Waals surface area (Å²) in [6, 6.07) is 6.37. The molecule has 25 heavy (non-hydrogen) atoms. The van der Waals surface area contributed by atoms with Gasteiger partial charge in [0.2, 0.25) is 10.0 Å². The zero-order valence-corrected chi connectivity index (χ0v) is 16.7. The first-order valence-electron chi connectivity index (χ1n) is 8.40. The molecule has 0 bridgehead atoms. The van der Waals surface area contributed by atoms with E-state index in [1.54, 1.807) is 34.5 Å². The Morgan fingerprint density at radius 1 is 1.36 bits per heavy atom. The zero-order valence-electron chi connectivity index (χ0n) is 15.1. The van der Waals surface area contributed by atoms with Crippen molar-refractivity contribution in [1.29, 1.82) is 0 Å². The van der Waals surface area contributed by atoms with E-state index in [0.29, 0.717) is 25.2 Å². The Bertz CT molecular complexity index is 681.